The Morgan fingerprint density at radius 1 is 1.23 bits per heavy atom. The number of ketones is 1. The highest BCUT2D eigenvalue weighted by atomic mass is 16.1. The number of rotatable bonds is 0. The zero-order chi connectivity index (χ0) is 9.69. The Hall–Kier alpha value is -0.590. The molecule has 2 atom stereocenters. The van der Waals surface area contributed by atoms with Gasteiger partial charge in [-0.05, 0) is 19.8 Å². The first kappa shape index (κ1) is 8.98. The summed E-state index contributed by atoms with van der Waals surface area (Å²) >= 11 is 0. The lowest BCUT2D eigenvalue weighted by molar-refractivity contribution is -0.132. The van der Waals surface area contributed by atoms with Crippen LogP contribution in [0.5, 0.6) is 0 Å². The summed E-state index contributed by atoms with van der Waals surface area (Å²) in [5, 5.41) is 0. The molecule has 0 aliphatic heterocycles. The third-order valence-corrected chi connectivity index (χ3v) is 4.65. The molecule has 0 aromatic carbocycles. The highest BCUT2D eigenvalue weighted by Gasteiger charge is 2.54. The zero-order valence-electron chi connectivity index (χ0n) is 8.81. The number of hydrogen-bond donors (Lipinski definition) is 0. The van der Waals surface area contributed by atoms with Gasteiger partial charge in [-0.15, -0.1) is 0 Å². The molecule has 0 heterocycles. The van der Waals surface area contributed by atoms with Crippen molar-refractivity contribution >= 4 is 5.78 Å². The van der Waals surface area contributed by atoms with Gasteiger partial charge in [0.15, 0.2) is 0 Å². The first-order valence-corrected chi connectivity index (χ1v) is 5.21. The van der Waals surface area contributed by atoms with Gasteiger partial charge in [-0.2, -0.15) is 0 Å². The SMILES string of the molecule is CC1=CCC(=O)[C@@]2(C)CCC[C@@]12C. The van der Waals surface area contributed by atoms with Crippen LogP contribution in [0.1, 0.15) is 46.5 Å². The van der Waals surface area contributed by atoms with Crippen LogP contribution in [0.25, 0.3) is 0 Å². The van der Waals surface area contributed by atoms with E-state index in [1.54, 1.807) is 0 Å². The van der Waals surface area contributed by atoms with Crippen molar-refractivity contribution < 1.29 is 4.79 Å². The van der Waals surface area contributed by atoms with Crippen LogP contribution in [0, 0.1) is 10.8 Å². The Labute approximate surface area is 80.2 Å². The molecule has 2 aliphatic rings. The molecule has 1 nitrogen and oxygen atoms in total. The highest BCUT2D eigenvalue weighted by molar-refractivity contribution is 5.89. The van der Waals surface area contributed by atoms with Crippen molar-refractivity contribution in [2.45, 2.75) is 46.5 Å². The normalized spacial score (nSPS) is 44.5. The van der Waals surface area contributed by atoms with Crippen molar-refractivity contribution in [2.24, 2.45) is 10.8 Å². The second kappa shape index (κ2) is 2.46. The summed E-state index contributed by atoms with van der Waals surface area (Å²) < 4.78 is 0. The molecule has 0 radical (unpaired) electrons. The Kier molecular flexibility index (Phi) is 1.70. The van der Waals surface area contributed by atoms with Gasteiger partial charge in [-0.3, -0.25) is 4.79 Å². The van der Waals surface area contributed by atoms with Crippen LogP contribution in [0.2, 0.25) is 0 Å². The van der Waals surface area contributed by atoms with Gasteiger partial charge in [0.2, 0.25) is 0 Å². The van der Waals surface area contributed by atoms with Gasteiger partial charge >= 0.3 is 0 Å². The minimum absolute atomic E-state index is 0.0498. The number of carbonyl (C=O) groups is 1. The van der Waals surface area contributed by atoms with Crippen molar-refractivity contribution in [1.82, 2.24) is 0 Å². The summed E-state index contributed by atoms with van der Waals surface area (Å²) in [4.78, 5) is 11.9. The summed E-state index contributed by atoms with van der Waals surface area (Å²) in [6, 6.07) is 0. The molecule has 0 bridgehead atoms. The van der Waals surface area contributed by atoms with Crippen molar-refractivity contribution in [2.75, 3.05) is 0 Å². The Balaban J connectivity index is 2.53. The lowest BCUT2D eigenvalue weighted by Crippen LogP contribution is -2.42. The van der Waals surface area contributed by atoms with E-state index in [4.69, 9.17) is 0 Å². The molecule has 1 heteroatoms. The van der Waals surface area contributed by atoms with Crippen LogP contribution >= 0.6 is 0 Å². The fraction of sp³-hybridized carbons (Fsp3) is 0.750. The van der Waals surface area contributed by atoms with E-state index in [-0.39, 0.29) is 10.8 Å². The Bertz CT molecular complexity index is 289. The molecule has 0 aromatic rings. The molecule has 0 spiro atoms. The maximum absolute atomic E-state index is 11.9. The van der Waals surface area contributed by atoms with Gasteiger partial charge in [0, 0.05) is 17.3 Å². The maximum atomic E-state index is 11.9. The van der Waals surface area contributed by atoms with E-state index >= 15 is 0 Å². The number of Topliss-reactive ketones (excluding diaryl/α,β-unsaturated/α-hetero) is 1. The molecule has 2 aliphatic carbocycles. The molecule has 0 aromatic heterocycles. The number of fused-ring (bicyclic) bond motifs is 1. The predicted octanol–water partition coefficient (Wildman–Crippen LogP) is 3.10. The van der Waals surface area contributed by atoms with E-state index < -0.39 is 0 Å². The van der Waals surface area contributed by atoms with Crippen LogP contribution in [0.3, 0.4) is 0 Å². The van der Waals surface area contributed by atoms with Gasteiger partial charge in [0.1, 0.15) is 5.78 Å². The van der Waals surface area contributed by atoms with Gasteiger partial charge in [-0.25, -0.2) is 0 Å². The lowest BCUT2D eigenvalue weighted by atomic mass is 9.59. The van der Waals surface area contributed by atoms with E-state index in [0.29, 0.717) is 12.2 Å². The number of allylic oxidation sites excluding steroid dienone is 2. The number of carbonyl (C=O) groups excluding carboxylic acids is 1. The lowest BCUT2D eigenvalue weighted by Gasteiger charge is -2.43. The van der Waals surface area contributed by atoms with Crippen LogP contribution < -0.4 is 0 Å². The summed E-state index contributed by atoms with van der Waals surface area (Å²) in [7, 11) is 0. The Morgan fingerprint density at radius 2 is 1.85 bits per heavy atom. The molecule has 0 N–H and O–H groups in total. The average Bonchev–Trinajstić information content (AvgIpc) is 2.40. The van der Waals surface area contributed by atoms with Gasteiger partial charge in [-0.1, -0.05) is 31.9 Å². The third kappa shape index (κ3) is 0.905. The van der Waals surface area contributed by atoms with Gasteiger partial charge in [0.05, 0.1) is 0 Å². The van der Waals surface area contributed by atoms with Crippen molar-refractivity contribution in [3.05, 3.63) is 11.6 Å². The summed E-state index contributed by atoms with van der Waals surface area (Å²) in [5.74, 6) is 0.457. The molecule has 2 rings (SSSR count). The molecule has 0 saturated heterocycles. The Morgan fingerprint density at radius 3 is 2.46 bits per heavy atom. The van der Waals surface area contributed by atoms with E-state index in [1.165, 1.54) is 18.4 Å². The second-order valence-corrected chi connectivity index (χ2v) is 5.03. The van der Waals surface area contributed by atoms with Crippen LogP contribution in [0.15, 0.2) is 11.6 Å². The maximum Gasteiger partial charge on any atom is 0.143 e. The summed E-state index contributed by atoms with van der Waals surface area (Å²) in [6.45, 7) is 6.62. The topological polar surface area (TPSA) is 17.1 Å². The molecule has 13 heavy (non-hydrogen) atoms. The molecular formula is C12H18O. The van der Waals surface area contributed by atoms with Crippen LogP contribution in [-0.2, 0) is 4.79 Å². The number of hydrogen-bond acceptors (Lipinski definition) is 1. The first-order chi connectivity index (χ1) is 6.01. The molecule has 0 amide bonds. The molecule has 72 valence electrons. The zero-order valence-corrected chi connectivity index (χ0v) is 8.81. The standard InChI is InChI=1S/C12H18O/c1-9-5-6-10(13)12(3)8-4-7-11(9,12)2/h5H,4,6-8H2,1-3H3/t11-,12+/m0/s1. The first-order valence-electron chi connectivity index (χ1n) is 5.21. The molecule has 1 saturated carbocycles. The van der Waals surface area contributed by atoms with Crippen molar-refractivity contribution in [1.29, 1.82) is 0 Å². The largest absolute Gasteiger partial charge is 0.299 e. The van der Waals surface area contributed by atoms with E-state index in [9.17, 15) is 4.79 Å². The minimum Gasteiger partial charge on any atom is -0.299 e. The van der Waals surface area contributed by atoms with E-state index in [0.717, 1.165) is 6.42 Å². The van der Waals surface area contributed by atoms with Crippen LogP contribution in [0.4, 0.5) is 0 Å². The fourth-order valence-electron chi connectivity index (χ4n) is 3.12. The minimum atomic E-state index is -0.0498. The van der Waals surface area contributed by atoms with Gasteiger partial charge < -0.3 is 0 Å². The monoisotopic (exact) mass is 178 g/mol. The highest BCUT2D eigenvalue weighted by Crippen LogP contribution is 2.59. The summed E-state index contributed by atoms with van der Waals surface area (Å²) in [6.07, 6.45) is 6.29. The third-order valence-electron chi connectivity index (χ3n) is 4.65. The van der Waals surface area contributed by atoms with Gasteiger partial charge in [0.25, 0.3) is 0 Å². The second-order valence-electron chi connectivity index (χ2n) is 5.03. The van der Waals surface area contributed by atoms with Crippen LogP contribution in [-0.4, -0.2) is 5.78 Å². The van der Waals surface area contributed by atoms with E-state index in [1.807, 2.05) is 0 Å². The van der Waals surface area contributed by atoms with E-state index in [2.05, 4.69) is 26.8 Å². The van der Waals surface area contributed by atoms with Crippen molar-refractivity contribution in [3.8, 4) is 0 Å². The smallest absolute Gasteiger partial charge is 0.143 e. The molecule has 1 fully saturated rings. The summed E-state index contributed by atoms with van der Waals surface area (Å²) in [5.41, 5.74) is 1.56. The molecule has 0 unspecified atom stereocenters. The fourth-order valence-corrected chi connectivity index (χ4v) is 3.12. The van der Waals surface area contributed by atoms with Crippen molar-refractivity contribution in [3.63, 3.8) is 0 Å². The predicted molar refractivity (Wildman–Crippen MR) is 53.4 cm³/mol. The molecular weight excluding hydrogens is 160 g/mol. The quantitative estimate of drug-likeness (QED) is 0.521. The average molecular weight is 178 g/mol.